The van der Waals surface area contributed by atoms with Crippen LogP contribution in [0.25, 0.3) is 10.9 Å². The monoisotopic (exact) mass is 534 g/mol. The molecule has 1 aliphatic rings. The third-order valence-electron chi connectivity index (χ3n) is 6.48. The van der Waals surface area contributed by atoms with Gasteiger partial charge < -0.3 is 30.0 Å². The van der Waals surface area contributed by atoms with Crippen molar-refractivity contribution in [2.45, 2.75) is 51.4 Å². The number of aliphatic hydroxyl groups is 1. The molecule has 0 bridgehead atoms. The lowest BCUT2D eigenvalue weighted by Crippen LogP contribution is -2.41. The van der Waals surface area contributed by atoms with Crippen LogP contribution in [0.4, 0.5) is 19.0 Å². The minimum atomic E-state index is -3.80. The maximum absolute atomic E-state index is 15.4. The number of anilines is 1. The Morgan fingerprint density at radius 1 is 1.24 bits per heavy atom. The zero-order chi connectivity index (χ0) is 27.7. The van der Waals surface area contributed by atoms with Crippen molar-refractivity contribution in [2.24, 2.45) is 0 Å². The molecule has 1 aliphatic heterocycles. The van der Waals surface area contributed by atoms with Gasteiger partial charge in [0, 0.05) is 30.1 Å². The zero-order valence-corrected chi connectivity index (χ0v) is 22.1. The van der Waals surface area contributed by atoms with Crippen molar-refractivity contribution in [3.63, 3.8) is 0 Å². The van der Waals surface area contributed by atoms with Gasteiger partial charge in [0.15, 0.2) is 11.5 Å². The van der Waals surface area contributed by atoms with Gasteiger partial charge in [0.25, 0.3) is 0 Å². The Morgan fingerprint density at radius 2 is 2.00 bits per heavy atom. The molecule has 38 heavy (non-hydrogen) atoms. The fraction of sp³-hybridized carbons (Fsp3) is 0.481. The molecule has 0 radical (unpaired) electrons. The number of alkyl halides is 2. The molecule has 2 aromatic carbocycles. The van der Waals surface area contributed by atoms with Crippen molar-refractivity contribution in [1.29, 1.82) is 0 Å². The van der Waals surface area contributed by atoms with Gasteiger partial charge in [-0.1, -0.05) is 12.1 Å². The van der Waals surface area contributed by atoms with E-state index in [0.717, 1.165) is 26.5 Å². The third kappa shape index (κ3) is 5.64. The first-order valence-electron chi connectivity index (χ1n) is 12.4. The van der Waals surface area contributed by atoms with Gasteiger partial charge >= 0.3 is 5.92 Å². The normalized spacial score (nSPS) is 17.3. The number of aryl methyl sites for hydroxylation is 1. The van der Waals surface area contributed by atoms with Gasteiger partial charge in [-0.3, -0.25) is 0 Å². The molecule has 0 amide bonds. The fourth-order valence-corrected chi connectivity index (χ4v) is 4.28. The van der Waals surface area contributed by atoms with Crippen molar-refractivity contribution >= 4 is 16.7 Å². The van der Waals surface area contributed by atoms with E-state index in [2.05, 4.69) is 20.6 Å². The number of nitrogens with zero attached hydrogens (tertiary/aromatic N) is 2. The van der Waals surface area contributed by atoms with E-state index in [-0.39, 0.29) is 11.7 Å². The second-order valence-corrected chi connectivity index (χ2v) is 9.86. The first-order valence-corrected chi connectivity index (χ1v) is 12.4. The number of halogens is 3. The molecule has 0 unspecified atom stereocenters. The van der Waals surface area contributed by atoms with Gasteiger partial charge in [-0.05, 0) is 39.8 Å². The number of aromatic nitrogens is 2. The SMILES string of the molecule is COc1cc2nc(C)nc(N[C@H](C)c3cccc(C(F)(F)C(C)(C)O)c3F)c2cc1OC[C@H]1CNCCO1. The number of hydrogen-bond donors (Lipinski definition) is 3. The first kappa shape index (κ1) is 27.9. The van der Waals surface area contributed by atoms with Crippen LogP contribution in [0.2, 0.25) is 0 Å². The number of ether oxygens (including phenoxy) is 3. The molecule has 3 aromatic rings. The maximum Gasteiger partial charge on any atom is 0.303 e. The summed E-state index contributed by atoms with van der Waals surface area (Å²) < 4.78 is 62.2. The van der Waals surface area contributed by atoms with Gasteiger partial charge in [-0.15, -0.1) is 0 Å². The van der Waals surface area contributed by atoms with Gasteiger partial charge in [-0.2, -0.15) is 8.78 Å². The average Bonchev–Trinajstić information content (AvgIpc) is 2.86. The molecule has 4 rings (SSSR count). The Kier molecular flexibility index (Phi) is 8.01. The van der Waals surface area contributed by atoms with E-state index in [1.54, 1.807) is 26.0 Å². The number of benzene rings is 2. The second kappa shape index (κ2) is 10.9. The van der Waals surface area contributed by atoms with E-state index >= 15 is 4.39 Å². The molecule has 0 saturated carbocycles. The number of morpholine rings is 1. The minimum Gasteiger partial charge on any atom is -0.493 e. The van der Waals surface area contributed by atoms with Crippen molar-refractivity contribution in [3.05, 3.63) is 53.1 Å². The molecule has 1 saturated heterocycles. The third-order valence-corrected chi connectivity index (χ3v) is 6.48. The molecular formula is C27H33F3N4O4. The maximum atomic E-state index is 15.4. The summed E-state index contributed by atoms with van der Waals surface area (Å²) in [7, 11) is 1.53. The topological polar surface area (TPSA) is 97.8 Å². The Balaban J connectivity index is 1.67. The Morgan fingerprint density at radius 3 is 2.66 bits per heavy atom. The molecule has 0 aliphatic carbocycles. The van der Waals surface area contributed by atoms with Gasteiger partial charge in [0.2, 0.25) is 0 Å². The lowest BCUT2D eigenvalue weighted by atomic mass is 9.91. The van der Waals surface area contributed by atoms with Gasteiger partial charge in [0.1, 0.15) is 35.8 Å². The van der Waals surface area contributed by atoms with Crippen LogP contribution in [0, 0.1) is 12.7 Å². The minimum absolute atomic E-state index is 0.00257. The number of methoxy groups -OCH3 is 1. The fourth-order valence-electron chi connectivity index (χ4n) is 4.28. The predicted molar refractivity (Wildman–Crippen MR) is 138 cm³/mol. The van der Waals surface area contributed by atoms with E-state index in [9.17, 15) is 13.9 Å². The van der Waals surface area contributed by atoms with Crippen LogP contribution in [0.15, 0.2) is 30.3 Å². The standard InChI is InChI=1S/C27H33F3N4O4/c1-15(18-7-6-8-20(24(18)28)27(29,30)26(3,4)35)32-25-19-11-23(38-14-17-13-31-9-10-37-17)22(36-5)12-21(19)33-16(2)34-25/h6-8,11-12,15,17,31,35H,9-10,13-14H2,1-5H3,(H,32,33,34)/t15-,17-/m1/s1. The molecule has 206 valence electrons. The number of hydrogen-bond acceptors (Lipinski definition) is 8. The number of nitrogens with one attached hydrogen (secondary N) is 2. The molecular weight excluding hydrogens is 501 g/mol. The molecule has 8 nitrogen and oxygen atoms in total. The number of fused-ring (bicyclic) bond motifs is 1. The van der Waals surface area contributed by atoms with Crippen LogP contribution >= 0.6 is 0 Å². The molecule has 11 heteroatoms. The van der Waals surface area contributed by atoms with Crippen LogP contribution < -0.4 is 20.1 Å². The second-order valence-electron chi connectivity index (χ2n) is 9.86. The van der Waals surface area contributed by atoms with E-state index in [1.807, 2.05) is 0 Å². The highest BCUT2D eigenvalue weighted by Gasteiger charge is 2.49. The van der Waals surface area contributed by atoms with Crippen molar-refractivity contribution < 1.29 is 32.5 Å². The van der Waals surface area contributed by atoms with Crippen LogP contribution in [0.5, 0.6) is 11.5 Å². The summed E-state index contributed by atoms with van der Waals surface area (Å²) in [5.74, 6) is -3.14. The Bertz CT molecular complexity index is 1290. The predicted octanol–water partition coefficient (Wildman–Crippen LogP) is 4.49. The lowest BCUT2D eigenvalue weighted by molar-refractivity contribution is -0.170. The molecule has 1 fully saturated rings. The molecule has 3 N–H and O–H groups in total. The summed E-state index contributed by atoms with van der Waals surface area (Å²) >= 11 is 0. The van der Waals surface area contributed by atoms with E-state index in [0.29, 0.717) is 53.8 Å². The summed E-state index contributed by atoms with van der Waals surface area (Å²) in [6, 6.07) is 6.44. The van der Waals surface area contributed by atoms with E-state index < -0.39 is 28.9 Å². The quantitative estimate of drug-likeness (QED) is 0.370. The van der Waals surface area contributed by atoms with E-state index in [4.69, 9.17) is 14.2 Å². The lowest BCUT2D eigenvalue weighted by Gasteiger charge is -2.30. The first-order chi connectivity index (χ1) is 17.9. The van der Waals surface area contributed by atoms with Gasteiger partial charge in [0.05, 0.1) is 30.8 Å². The van der Waals surface area contributed by atoms with Crippen LogP contribution in [-0.4, -0.2) is 60.2 Å². The average molecular weight is 535 g/mol. The smallest absolute Gasteiger partial charge is 0.303 e. The summed E-state index contributed by atoms with van der Waals surface area (Å²) in [5.41, 5.74) is -2.76. The van der Waals surface area contributed by atoms with E-state index in [1.165, 1.54) is 19.2 Å². The largest absolute Gasteiger partial charge is 0.493 e. The van der Waals surface area contributed by atoms with Gasteiger partial charge in [-0.25, -0.2) is 14.4 Å². The number of rotatable bonds is 9. The van der Waals surface area contributed by atoms with Crippen LogP contribution in [0.1, 0.15) is 43.8 Å². The molecule has 2 heterocycles. The molecule has 2 atom stereocenters. The Labute approximate surface area is 219 Å². The van der Waals surface area contributed by atoms with Crippen LogP contribution in [-0.2, 0) is 10.7 Å². The summed E-state index contributed by atoms with van der Waals surface area (Å²) in [4.78, 5) is 8.97. The summed E-state index contributed by atoms with van der Waals surface area (Å²) in [6.07, 6.45) is -0.117. The Hall–Kier alpha value is -3.15. The molecule has 0 spiro atoms. The van der Waals surface area contributed by atoms with Crippen molar-refractivity contribution in [1.82, 2.24) is 15.3 Å². The van der Waals surface area contributed by atoms with Crippen molar-refractivity contribution in [3.8, 4) is 11.5 Å². The molecule has 1 aromatic heterocycles. The highest BCUT2D eigenvalue weighted by Crippen LogP contribution is 2.42. The van der Waals surface area contributed by atoms with Crippen molar-refractivity contribution in [2.75, 3.05) is 38.7 Å². The zero-order valence-electron chi connectivity index (χ0n) is 22.1. The van der Waals surface area contributed by atoms with Crippen LogP contribution in [0.3, 0.4) is 0 Å². The highest BCUT2D eigenvalue weighted by atomic mass is 19.3. The summed E-state index contributed by atoms with van der Waals surface area (Å²) in [5, 5.41) is 16.9. The highest BCUT2D eigenvalue weighted by molar-refractivity contribution is 5.92. The summed E-state index contributed by atoms with van der Waals surface area (Å²) in [6.45, 7) is 7.60.